The smallest absolute Gasteiger partial charge is 0.241 e. The molecular formula is C16H25N3O2. The highest BCUT2D eigenvalue weighted by Gasteiger charge is 2.16. The zero-order chi connectivity index (χ0) is 16.0. The van der Waals surface area contributed by atoms with Crippen LogP contribution in [0, 0.1) is 12.8 Å². The molecule has 0 saturated heterocycles. The molecule has 1 rings (SSSR count). The Morgan fingerprint density at radius 1 is 1.19 bits per heavy atom. The first kappa shape index (κ1) is 17.2. The monoisotopic (exact) mass is 291 g/mol. The molecule has 21 heavy (non-hydrogen) atoms. The minimum Gasteiger partial charge on any atom is -0.326 e. The molecule has 2 amide bonds. The molecule has 0 saturated carbocycles. The van der Waals surface area contributed by atoms with Crippen molar-refractivity contribution in [3.05, 3.63) is 23.8 Å². The van der Waals surface area contributed by atoms with Crippen molar-refractivity contribution in [1.82, 2.24) is 0 Å². The Morgan fingerprint density at radius 3 is 2.29 bits per heavy atom. The third kappa shape index (κ3) is 5.19. The molecule has 0 radical (unpaired) electrons. The first-order chi connectivity index (χ1) is 9.85. The Balaban J connectivity index is 2.82. The topological polar surface area (TPSA) is 84.2 Å². The van der Waals surface area contributed by atoms with Crippen molar-refractivity contribution in [2.45, 2.75) is 46.6 Å². The van der Waals surface area contributed by atoms with Crippen LogP contribution < -0.4 is 16.4 Å². The fourth-order valence-electron chi connectivity index (χ4n) is 1.99. The van der Waals surface area contributed by atoms with Gasteiger partial charge in [-0.25, -0.2) is 0 Å². The molecule has 0 aliphatic carbocycles. The van der Waals surface area contributed by atoms with E-state index in [1.165, 1.54) is 0 Å². The maximum atomic E-state index is 12.1. The van der Waals surface area contributed by atoms with Crippen LogP contribution >= 0.6 is 0 Å². The van der Waals surface area contributed by atoms with Crippen LogP contribution in [0.4, 0.5) is 11.4 Å². The van der Waals surface area contributed by atoms with E-state index in [-0.39, 0.29) is 11.8 Å². The van der Waals surface area contributed by atoms with E-state index in [0.29, 0.717) is 30.1 Å². The normalized spacial score (nSPS) is 12.1. The fourth-order valence-corrected chi connectivity index (χ4v) is 1.99. The second-order valence-electron chi connectivity index (χ2n) is 5.61. The first-order valence-corrected chi connectivity index (χ1v) is 7.31. The number of hydrogen-bond acceptors (Lipinski definition) is 3. The van der Waals surface area contributed by atoms with Gasteiger partial charge >= 0.3 is 0 Å². The summed E-state index contributed by atoms with van der Waals surface area (Å²) in [5, 5.41) is 5.65. The van der Waals surface area contributed by atoms with Gasteiger partial charge in [0.1, 0.15) is 0 Å². The lowest BCUT2D eigenvalue weighted by Gasteiger charge is -2.17. The highest BCUT2D eigenvalue weighted by molar-refractivity contribution is 5.97. The lowest BCUT2D eigenvalue weighted by Crippen LogP contribution is -2.36. The summed E-state index contributed by atoms with van der Waals surface area (Å²) in [5.74, 6) is 0.103. The summed E-state index contributed by atoms with van der Waals surface area (Å²) in [6.45, 7) is 7.70. The Morgan fingerprint density at radius 2 is 1.76 bits per heavy atom. The predicted molar refractivity (Wildman–Crippen MR) is 86.2 cm³/mol. The Bertz CT molecular complexity index is 512. The summed E-state index contributed by atoms with van der Waals surface area (Å²) >= 11 is 0. The Hall–Kier alpha value is -1.88. The van der Waals surface area contributed by atoms with Crippen LogP contribution in [0.15, 0.2) is 18.2 Å². The average molecular weight is 291 g/mol. The van der Waals surface area contributed by atoms with E-state index in [4.69, 9.17) is 5.73 Å². The molecule has 5 heteroatoms. The number of amides is 2. The summed E-state index contributed by atoms with van der Waals surface area (Å²) in [7, 11) is 0. The quantitative estimate of drug-likeness (QED) is 0.753. The molecule has 1 atom stereocenters. The molecule has 0 aromatic heterocycles. The van der Waals surface area contributed by atoms with E-state index in [1.807, 2.05) is 26.8 Å². The predicted octanol–water partition coefficient (Wildman–Crippen LogP) is 2.66. The average Bonchev–Trinajstić information content (AvgIpc) is 2.42. The molecule has 5 nitrogen and oxygen atoms in total. The van der Waals surface area contributed by atoms with Gasteiger partial charge in [-0.3, -0.25) is 9.59 Å². The number of nitrogens with one attached hydrogen (secondary N) is 2. The third-order valence-electron chi connectivity index (χ3n) is 3.25. The van der Waals surface area contributed by atoms with Gasteiger partial charge in [0.2, 0.25) is 11.8 Å². The highest BCUT2D eigenvalue weighted by Crippen LogP contribution is 2.23. The van der Waals surface area contributed by atoms with Gasteiger partial charge < -0.3 is 16.4 Å². The molecule has 1 aromatic rings. The summed E-state index contributed by atoms with van der Waals surface area (Å²) in [6, 6.07) is 4.88. The van der Waals surface area contributed by atoms with Crippen LogP contribution in [-0.4, -0.2) is 17.9 Å². The summed E-state index contributed by atoms with van der Waals surface area (Å²) in [6.07, 6.45) is 1.05. The SMILES string of the molecule is CCC(=O)Nc1cccc(NC(=O)[C@@H](N)CC(C)C)c1C. The Labute approximate surface area is 126 Å². The van der Waals surface area contributed by atoms with E-state index in [0.717, 1.165) is 5.56 Å². The molecule has 0 heterocycles. The molecule has 0 aliphatic rings. The maximum Gasteiger partial charge on any atom is 0.241 e. The number of anilines is 2. The van der Waals surface area contributed by atoms with Gasteiger partial charge in [0.05, 0.1) is 6.04 Å². The minimum absolute atomic E-state index is 0.0573. The molecule has 0 fully saturated rings. The van der Waals surface area contributed by atoms with Crippen LogP contribution in [-0.2, 0) is 9.59 Å². The van der Waals surface area contributed by atoms with Crippen molar-refractivity contribution in [1.29, 1.82) is 0 Å². The van der Waals surface area contributed by atoms with Crippen molar-refractivity contribution >= 4 is 23.2 Å². The molecule has 0 bridgehead atoms. The second-order valence-corrected chi connectivity index (χ2v) is 5.61. The molecule has 0 unspecified atom stereocenters. The largest absolute Gasteiger partial charge is 0.326 e. The summed E-state index contributed by atoms with van der Waals surface area (Å²) in [4.78, 5) is 23.5. The van der Waals surface area contributed by atoms with Gasteiger partial charge in [-0.05, 0) is 37.0 Å². The van der Waals surface area contributed by atoms with Crippen LogP contribution in [0.2, 0.25) is 0 Å². The van der Waals surface area contributed by atoms with E-state index >= 15 is 0 Å². The highest BCUT2D eigenvalue weighted by atomic mass is 16.2. The molecule has 116 valence electrons. The van der Waals surface area contributed by atoms with Crippen LogP contribution in [0.1, 0.15) is 39.2 Å². The molecular weight excluding hydrogens is 266 g/mol. The number of carbonyl (C=O) groups excluding carboxylic acids is 2. The maximum absolute atomic E-state index is 12.1. The van der Waals surface area contributed by atoms with Crippen molar-refractivity contribution in [3.63, 3.8) is 0 Å². The Kier molecular flexibility index (Phi) is 6.37. The van der Waals surface area contributed by atoms with Gasteiger partial charge in [0.15, 0.2) is 0 Å². The number of benzene rings is 1. The van der Waals surface area contributed by atoms with E-state index in [2.05, 4.69) is 10.6 Å². The van der Waals surface area contributed by atoms with Crippen LogP contribution in [0.5, 0.6) is 0 Å². The summed E-state index contributed by atoms with van der Waals surface area (Å²) in [5.41, 5.74) is 8.08. The number of rotatable bonds is 6. The third-order valence-corrected chi connectivity index (χ3v) is 3.25. The minimum atomic E-state index is -0.529. The lowest BCUT2D eigenvalue weighted by atomic mass is 10.0. The van der Waals surface area contributed by atoms with E-state index in [9.17, 15) is 9.59 Å². The van der Waals surface area contributed by atoms with Gasteiger partial charge in [0, 0.05) is 17.8 Å². The van der Waals surface area contributed by atoms with Crippen molar-refractivity contribution in [2.24, 2.45) is 11.7 Å². The fraction of sp³-hybridized carbons (Fsp3) is 0.500. The number of nitrogens with two attached hydrogens (primary N) is 1. The zero-order valence-electron chi connectivity index (χ0n) is 13.2. The number of hydrogen-bond donors (Lipinski definition) is 3. The van der Waals surface area contributed by atoms with Crippen molar-refractivity contribution < 1.29 is 9.59 Å². The molecule has 0 spiro atoms. The van der Waals surface area contributed by atoms with Crippen LogP contribution in [0.3, 0.4) is 0 Å². The van der Waals surface area contributed by atoms with E-state index in [1.54, 1.807) is 19.1 Å². The standard InChI is InChI=1S/C16H25N3O2/c1-5-15(20)18-13-7-6-8-14(11(13)4)19-16(21)12(17)9-10(2)3/h6-8,10,12H,5,9,17H2,1-4H3,(H,18,20)(H,19,21)/t12-/m0/s1. The molecule has 0 aliphatic heterocycles. The van der Waals surface area contributed by atoms with Gasteiger partial charge in [0.25, 0.3) is 0 Å². The van der Waals surface area contributed by atoms with E-state index < -0.39 is 6.04 Å². The summed E-state index contributed by atoms with van der Waals surface area (Å²) < 4.78 is 0. The number of carbonyl (C=O) groups is 2. The zero-order valence-corrected chi connectivity index (χ0v) is 13.2. The molecule has 1 aromatic carbocycles. The van der Waals surface area contributed by atoms with Crippen molar-refractivity contribution in [3.8, 4) is 0 Å². The van der Waals surface area contributed by atoms with Crippen LogP contribution in [0.25, 0.3) is 0 Å². The van der Waals surface area contributed by atoms with Crippen molar-refractivity contribution in [2.75, 3.05) is 10.6 Å². The van der Waals surface area contributed by atoms with Gasteiger partial charge in [-0.15, -0.1) is 0 Å². The lowest BCUT2D eigenvalue weighted by molar-refractivity contribution is -0.118. The van der Waals surface area contributed by atoms with Gasteiger partial charge in [-0.2, -0.15) is 0 Å². The molecule has 4 N–H and O–H groups in total. The second kappa shape index (κ2) is 7.78. The van der Waals surface area contributed by atoms with Gasteiger partial charge in [-0.1, -0.05) is 26.8 Å². The first-order valence-electron chi connectivity index (χ1n) is 7.31.